The molecule has 0 saturated carbocycles. The Labute approximate surface area is 408 Å². The quantitative estimate of drug-likeness (QED) is 0.0381. The van der Waals surface area contributed by atoms with Crippen molar-refractivity contribution in [2.75, 3.05) is 49.4 Å². The van der Waals surface area contributed by atoms with Gasteiger partial charge in [0, 0.05) is 68.0 Å². The summed E-state index contributed by atoms with van der Waals surface area (Å²) in [6, 6.07) is 15.4. The number of halogens is 1. The summed E-state index contributed by atoms with van der Waals surface area (Å²) in [5.41, 5.74) is 3.99. The number of nitrogens with one attached hydrogen (secondary N) is 3. The Hall–Kier alpha value is -6.26. The zero-order chi connectivity index (χ0) is 50.0. The predicted octanol–water partition coefficient (Wildman–Crippen LogP) is 7.08. The highest BCUT2D eigenvalue weighted by atomic mass is 32.1. The molecule has 4 aromatic rings. The molecule has 0 bridgehead atoms. The van der Waals surface area contributed by atoms with E-state index in [0.717, 1.165) is 40.9 Å². The number of anilines is 2. The number of likely N-dealkylation sites (tertiary alicyclic amines) is 1. The molecule has 0 unspecified atom stereocenters. The number of nitrogens with zero attached hydrogens (tertiary/aromatic N) is 5. The van der Waals surface area contributed by atoms with E-state index in [0.29, 0.717) is 49.7 Å². The van der Waals surface area contributed by atoms with E-state index in [1.807, 2.05) is 52.0 Å². The zero-order valence-corrected chi connectivity index (χ0v) is 41.2. The van der Waals surface area contributed by atoms with Crippen LogP contribution in [0.1, 0.15) is 83.5 Å². The molecule has 1 aromatic heterocycles. The van der Waals surface area contributed by atoms with Crippen molar-refractivity contribution >= 4 is 58.0 Å². The van der Waals surface area contributed by atoms with Crippen molar-refractivity contribution < 1.29 is 42.9 Å². The average molecular weight is 967 g/mol. The summed E-state index contributed by atoms with van der Waals surface area (Å²) in [5.74, 6) is -2.06. The first-order valence-corrected chi connectivity index (χ1v) is 23.6. The summed E-state index contributed by atoms with van der Waals surface area (Å²) >= 11 is 5.74. The molecule has 18 heteroatoms. The van der Waals surface area contributed by atoms with E-state index >= 15 is 4.39 Å². The summed E-state index contributed by atoms with van der Waals surface area (Å²) in [6.45, 7) is 21.4. The van der Waals surface area contributed by atoms with E-state index < -0.39 is 46.8 Å². The number of aliphatic hydroxyl groups excluding tert-OH is 1. The van der Waals surface area contributed by atoms with Crippen LogP contribution in [0.15, 0.2) is 67.0 Å². The second kappa shape index (κ2) is 22.9. The lowest BCUT2D eigenvalue weighted by Crippen LogP contribution is -2.58. The number of aliphatic hydroxyl groups is 1. The maximum atomic E-state index is 15.3. The zero-order valence-electron chi connectivity index (χ0n) is 40.4. The van der Waals surface area contributed by atoms with Gasteiger partial charge < -0.3 is 44.7 Å². The van der Waals surface area contributed by atoms with Gasteiger partial charge in [-0.05, 0) is 106 Å². The lowest BCUT2D eigenvalue weighted by Gasteiger charge is -2.35. The predicted molar refractivity (Wildman–Crippen MR) is 264 cm³/mol. The van der Waals surface area contributed by atoms with Gasteiger partial charge in [-0.1, -0.05) is 51.1 Å². The maximum Gasteiger partial charge on any atom is 0.259 e. The first-order chi connectivity index (χ1) is 32.8. The lowest BCUT2D eigenvalue weighted by molar-refractivity contribution is -0.144. The van der Waals surface area contributed by atoms with Gasteiger partial charge in [0.1, 0.15) is 24.2 Å². The molecular formula is C51H63FN8O8S. The van der Waals surface area contributed by atoms with Gasteiger partial charge in [0.2, 0.25) is 17.7 Å². The normalized spacial score (nSPS) is 17.2. The number of imidazole rings is 1. The maximum absolute atomic E-state index is 15.3. The highest BCUT2D eigenvalue weighted by molar-refractivity contribution is 7.81. The van der Waals surface area contributed by atoms with Crippen molar-refractivity contribution in [3.05, 3.63) is 101 Å². The van der Waals surface area contributed by atoms with Gasteiger partial charge in [0.25, 0.3) is 5.91 Å². The number of H-pyrrole nitrogens is 1. The number of unbranched alkanes of at least 4 members (excludes halogenated alkanes) is 2. The number of amides is 4. The topological polar surface area (TPSA) is 183 Å². The Morgan fingerprint density at radius 3 is 2.35 bits per heavy atom. The number of carbonyl (C=O) groups excluding carboxylic acids is 4. The van der Waals surface area contributed by atoms with Crippen LogP contribution in [-0.2, 0) is 35.2 Å². The van der Waals surface area contributed by atoms with Crippen LogP contribution in [0.4, 0.5) is 21.5 Å². The number of aromatic nitrogens is 2. The van der Waals surface area contributed by atoms with Crippen LogP contribution in [0.5, 0.6) is 5.75 Å². The molecule has 2 aliphatic rings. The third kappa shape index (κ3) is 12.7. The molecule has 0 aliphatic carbocycles. The van der Waals surface area contributed by atoms with Crippen LogP contribution in [-0.4, -0.2) is 112 Å². The first kappa shape index (κ1) is 52.1. The van der Waals surface area contributed by atoms with Gasteiger partial charge in [0.15, 0.2) is 22.4 Å². The van der Waals surface area contributed by atoms with Gasteiger partial charge in [0.05, 0.1) is 31.3 Å². The van der Waals surface area contributed by atoms with E-state index in [4.69, 9.17) is 33.0 Å². The van der Waals surface area contributed by atoms with E-state index in [1.165, 1.54) is 21.9 Å². The smallest absolute Gasteiger partial charge is 0.259 e. The molecule has 0 spiro atoms. The summed E-state index contributed by atoms with van der Waals surface area (Å²) in [6.07, 6.45) is 3.62. The molecule has 3 aromatic carbocycles. The second-order valence-electron chi connectivity index (χ2n) is 19.0. The Balaban J connectivity index is 0.852. The third-order valence-electron chi connectivity index (χ3n) is 12.2. The summed E-state index contributed by atoms with van der Waals surface area (Å²) in [5, 5.41) is 16.5. The summed E-state index contributed by atoms with van der Waals surface area (Å²) in [4.78, 5) is 69.2. The molecule has 2 aliphatic heterocycles. The minimum absolute atomic E-state index is 0.0279. The number of thiocarbonyl (C=S) groups is 1. The van der Waals surface area contributed by atoms with Crippen molar-refractivity contribution in [3.8, 4) is 17.0 Å². The highest BCUT2D eigenvalue weighted by Gasteiger charge is 2.50. The molecule has 4 N–H and O–H groups in total. The van der Waals surface area contributed by atoms with Crippen molar-refractivity contribution in [2.45, 2.75) is 111 Å². The van der Waals surface area contributed by atoms with E-state index in [-0.39, 0.29) is 55.4 Å². The van der Waals surface area contributed by atoms with Crippen LogP contribution in [0.25, 0.3) is 16.1 Å². The monoisotopic (exact) mass is 966 g/mol. The summed E-state index contributed by atoms with van der Waals surface area (Å²) in [7, 11) is 0. The van der Waals surface area contributed by atoms with Crippen molar-refractivity contribution in [1.29, 1.82) is 0 Å². The second-order valence-corrected chi connectivity index (χ2v) is 19.4. The molecule has 0 radical (unpaired) electrons. The molecule has 2 saturated heterocycles. The van der Waals surface area contributed by atoms with Gasteiger partial charge in [-0.15, -0.1) is 0 Å². The van der Waals surface area contributed by atoms with Crippen LogP contribution < -0.4 is 25.2 Å². The molecule has 16 nitrogen and oxygen atoms in total. The number of ether oxygens (including phenoxy) is 3. The molecule has 6 rings (SSSR count). The molecule has 69 heavy (non-hydrogen) atoms. The molecule has 2 fully saturated rings. The molecule has 3 heterocycles. The number of hydrogen-bond acceptors (Lipinski definition) is 10. The highest BCUT2D eigenvalue weighted by Crippen LogP contribution is 2.39. The van der Waals surface area contributed by atoms with E-state index in [2.05, 4.69) is 25.4 Å². The van der Waals surface area contributed by atoms with E-state index in [9.17, 15) is 24.3 Å². The Kier molecular flexibility index (Phi) is 17.3. The van der Waals surface area contributed by atoms with Crippen LogP contribution in [0.2, 0.25) is 0 Å². The number of carbonyl (C=O) groups is 4. The van der Waals surface area contributed by atoms with Crippen molar-refractivity contribution in [3.63, 3.8) is 0 Å². The van der Waals surface area contributed by atoms with Crippen LogP contribution >= 0.6 is 12.2 Å². The Bertz CT molecular complexity index is 2540. The summed E-state index contributed by atoms with van der Waals surface area (Å²) < 4.78 is 32.4. The number of aromatic amines is 1. The molecule has 3 atom stereocenters. The molecule has 368 valence electrons. The first-order valence-electron chi connectivity index (χ1n) is 23.2. The molecule has 4 amide bonds. The van der Waals surface area contributed by atoms with Crippen LogP contribution in [0.3, 0.4) is 0 Å². The largest absolute Gasteiger partial charge is 0.491 e. The minimum Gasteiger partial charge on any atom is -0.491 e. The third-order valence-corrected chi connectivity index (χ3v) is 12.6. The number of rotatable bonds is 21. The Morgan fingerprint density at radius 2 is 1.68 bits per heavy atom. The van der Waals surface area contributed by atoms with Crippen LogP contribution in [0, 0.1) is 31.7 Å². The standard InChI is InChI=1S/C51H63FN8O8S/c1-32-25-36(17-19-40(32)53-8)59-48(65)51(6,7)60(49(59)69)37-18-20-42(39(52)26-37)68-24-11-9-10-21-66-22-12-23-67-30-43(62)57-45(50(3,4)5)47(64)58-29-38(61)27-41(58)46(63)54-28-34-13-15-35(16-14-34)44-33(2)55-31-56-44/h13-20,25-26,31,38,41,45,61H,9-12,21-24,27-30H2,1-7H3,(H,54,63)(H,55,56)(H,57,62)/t38-,41+,45-/m1/s1. The van der Waals surface area contributed by atoms with Gasteiger partial charge in [-0.25, -0.2) is 14.2 Å². The van der Waals surface area contributed by atoms with Gasteiger partial charge >= 0.3 is 0 Å². The fourth-order valence-corrected chi connectivity index (χ4v) is 8.88. The van der Waals surface area contributed by atoms with Gasteiger partial charge in [-0.3, -0.25) is 24.1 Å². The van der Waals surface area contributed by atoms with E-state index in [1.54, 1.807) is 56.3 Å². The SMILES string of the molecule is [C-]#[N+]c1ccc(N2C(=O)C(C)(C)N(c3ccc(OCCCCCOCCCOCC(=O)N[C@H](C(=O)N4C[C@H](O)C[C@H]4C(=O)NCc4ccc(-c5nc[nH]c5C)cc4)C(C)(C)C)c(F)c3)C2=S)cc1C. The fourth-order valence-electron chi connectivity index (χ4n) is 8.36. The van der Waals surface area contributed by atoms with Crippen molar-refractivity contribution in [1.82, 2.24) is 25.5 Å². The average Bonchev–Trinajstić information content (AvgIpc) is 3.97. The number of aryl methyl sites for hydroxylation is 2. The van der Waals surface area contributed by atoms with Crippen molar-refractivity contribution in [2.24, 2.45) is 5.41 Å². The number of β-amino-alcohol motifs (C(OH)–C–C–N with tert-alkyl or cyclic N) is 1. The number of benzene rings is 3. The fraction of sp³-hybridized carbons (Fsp3) is 0.471. The molecular weight excluding hydrogens is 904 g/mol. The number of hydrogen-bond donors (Lipinski definition) is 4. The minimum atomic E-state index is -1.09. The lowest BCUT2D eigenvalue weighted by atomic mass is 9.85. The Morgan fingerprint density at radius 1 is 0.986 bits per heavy atom. The van der Waals surface area contributed by atoms with Gasteiger partial charge in [-0.2, -0.15) is 0 Å².